The third-order valence-electron chi connectivity index (χ3n) is 5.13. The summed E-state index contributed by atoms with van der Waals surface area (Å²) in [6.07, 6.45) is -4.76. The van der Waals surface area contributed by atoms with Crippen LogP contribution in [0, 0.1) is 6.92 Å². The highest BCUT2D eigenvalue weighted by molar-refractivity contribution is 5.89. The zero-order chi connectivity index (χ0) is 22.2. The first-order valence-electron chi connectivity index (χ1n) is 9.56. The van der Waals surface area contributed by atoms with Crippen LogP contribution in [0.4, 0.5) is 18.0 Å². The van der Waals surface area contributed by atoms with Crippen LogP contribution in [0.15, 0.2) is 42.5 Å². The summed E-state index contributed by atoms with van der Waals surface area (Å²) in [7, 11) is 1.55. The number of aromatic nitrogens is 2. The maximum atomic E-state index is 13.2. The van der Waals surface area contributed by atoms with Crippen molar-refractivity contribution in [3.8, 4) is 11.6 Å². The van der Waals surface area contributed by atoms with Crippen molar-refractivity contribution in [2.24, 2.45) is 0 Å². The zero-order valence-corrected chi connectivity index (χ0v) is 16.8. The molecule has 0 radical (unpaired) electrons. The van der Waals surface area contributed by atoms with Crippen LogP contribution in [0.1, 0.15) is 16.8 Å². The molecular formula is C22H20F3N3O3. The third-order valence-corrected chi connectivity index (χ3v) is 5.13. The van der Waals surface area contributed by atoms with E-state index in [2.05, 4.69) is 15.3 Å². The molecule has 0 aliphatic rings. The summed E-state index contributed by atoms with van der Waals surface area (Å²) in [5.74, 6) is 0.909. The Morgan fingerprint density at radius 2 is 1.87 bits per heavy atom. The first-order chi connectivity index (χ1) is 14.8. The second-order valence-electron chi connectivity index (χ2n) is 7.08. The van der Waals surface area contributed by atoms with Crippen molar-refractivity contribution >= 4 is 27.9 Å². The largest absolute Gasteiger partial charge is 0.496 e. The first kappa shape index (κ1) is 20.6. The summed E-state index contributed by atoms with van der Waals surface area (Å²) >= 11 is 0. The van der Waals surface area contributed by atoms with E-state index in [9.17, 15) is 18.0 Å². The van der Waals surface area contributed by atoms with E-state index >= 15 is 0 Å². The van der Waals surface area contributed by atoms with Crippen LogP contribution in [0.3, 0.4) is 0 Å². The zero-order valence-electron chi connectivity index (χ0n) is 16.8. The minimum Gasteiger partial charge on any atom is -0.496 e. The number of amides is 1. The van der Waals surface area contributed by atoms with E-state index in [1.807, 2.05) is 12.1 Å². The summed E-state index contributed by atoms with van der Waals surface area (Å²) in [4.78, 5) is 18.0. The van der Waals surface area contributed by atoms with Crippen LogP contribution < -0.4 is 14.8 Å². The number of ether oxygens (including phenoxy) is 2. The number of hydrogen-bond acceptors (Lipinski definition) is 3. The van der Waals surface area contributed by atoms with Gasteiger partial charge in [0.05, 0.1) is 23.7 Å². The summed E-state index contributed by atoms with van der Waals surface area (Å²) in [6.45, 7) is 1.91. The molecule has 0 aliphatic heterocycles. The molecule has 2 aromatic carbocycles. The third kappa shape index (κ3) is 4.03. The minimum atomic E-state index is -4.45. The molecule has 31 heavy (non-hydrogen) atoms. The van der Waals surface area contributed by atoms with Crippen molar-refractivity contribution in [1.29, 1.82) is 0 Å². The molecule has 1 amide bonds. The number of aromatic amines is 2. The number of fused-ring (bicyclic) bond motifs is 2. The molecule has 0 atom stereocenters. The van der Waals surface area contributed by atoms with Crippen molar-refractivity contribution in [2.45, 2.75) is 19.5 Å². The fourth-order valence-electron chi connectivity index (χ4n) is 3.72. The van der Waals surface area contributed by atoms with Crippen molar-refractivity contribution < 1.29 is 27.4 Å². The van der Waals surface area contributed by atoms with E-state index in [0.717, 1.165) is 22.5 Å². The number of para-hydroxylation sites is 1. The number of halogens is 3. The lowest BCUT2D eigenvalue weighted by Crippen LogP contribution is -2.28. The number of carbonyl (C=O) groups excluding carboxylic acids is 1. The molecule has 0 saturated carbocycles. The van der Waals surface area contributed by atoms with Gasteiger partial charge in [-0.3, -0.25) is 0 Å². The van der Waals surface area contributed by atoms with Crippen molar-refractivity contribution in [3.63, 3.8) is 0 Å². The van der Waals surface area contributed by atoms with E-state index < -0.39 is 17.8 Å². The Labute approximate surface area is 175 Å². The number of benzene rings is 2. The molecule has 4 aromatic rings. The van der Waals surface area contributed by atoms with Crippen LogP contribution in [0.25, 0.3) is 21.8 Å². The average molecular weight is 431 g/mol. The molecule has 3 N–H and O–H groups in total. The molecule has 0 unspecified atom stereocenters. The monoisotopic (exact) mass is 431 g/mol. The number of aryl methyl sites for hydroxylation is 1. The Hall–Kier alpha value is -3.62. The van der Waals surface area contributed by atoms with E-state index in [-0.39, 0.29) is 17.9 Å². The maximum absolute atomic E-state index is 13.2. The Kier molecular flexibility index (Phi) is 5.26. The summed E-state index contributed by atoms with van der Waals surface area (Å²) in [5.41, 5.74) is 1.46. The van der Waals surface area contributed by atoms with E-state index in [1.165, 1.54) is 6.07 Å². The second-order valence-corrected chi connectivity index (χ2v) is 7.08. The maximum Gasteiger partial charge on any atom is 0.418 e. The number of methoxy groups -OCH3 is 1. The van der Waals surface area contributed by atoms with Gasteiger partial charge in [0.25, 0.3) is 0 Å². The molecule has 6 nitrogen and oxygen atoms in total. The predicted molar refractivity (Wildman–Crippen MR) is 111 cm³/mol. The predicted octanol–water partition coefficient (Wildman–Crippen LogP) is 5.32. The van der Waals surface area contributed by atoms with Gasteiger partial charge >= 0.3 is 12.3 Å². The van der Waals surface area contributed by atoms with Gasteiger partial charge in [0.1, 0.15) is 5.75 Å². The number of H-pyrrole nitrogens is 2. The highest BCUT2D eigenvalue weighted by atomic mass is 19.4. The van der Waals surface area contributed by atoms with Crippen molar-refractivity contribution in [2.75, 3.05) is 13.7 Å². The molecular weight excluding hydrogens is 411 g/mol. The molecule has 162 valence electrons. The van der Waals surface area contributed by atoms with Gasteiger partial charge in [-0.2, -0.15) is 13.2 Å². The van der Waals surface area contributed by atoms with Crippen LogP contribution in [0.5, 0.6) is 11.6 Å². The van der Waals surface area contributed by atoms with Gasteiger partial charge in [0, 0.05) is 29.1 Å². The van der Waals surface area contributed by atoms with Crippen LogP contribution >= 0.6 is 0 Å². The average Bonchev–Trinajstić information content (AvgIpc) is 3.26. The topological polar surface area (TPSA) is 79.1 Å². The smallest absolute Gasteiger partial charge is 0.418 e. The van der Waals surface area contributed by atoms with Crippen molar-refractivity contribution in [1.82, 2.24) is 15.3 Å². The van der Waals surface area contributed by atoms with Gasteiger partial charge in [-0.15, -0.1) is 0 Å². The number of carbonyl (C=O) groups is 1. The highest BCUT2D eigenvalue weighted by Gasteiger charge is 2.33. The molecule has 9 heteroatoms. The Bertz CT molecular complexity index is 1260. The molecule has 0 spiro atoms. The lowest BCUT2D eigenvalue weighted by atomic mass is 10.1. The Balaban J connectivity index is 1.43. The molecule has 2 aromatic heterocycles. The standard InChI is InChI=1S/C22H20F3N3O3/c1-12-13(14-5-3-6-16(20(14)27-12)22(23,24)25)9-10-26-21(29)31-19-11-15-17(28-19)7-4-8-18(15)30-2/h3-8,11,27-28H,9-10H2,1-2H3,(H,26,29). The molecule has 0 fully saturated rings. The highest BCUT2D eigenvalue weighted by Crippen LogP contribution is 2.36. The van der Waals surface area contributed by atoms with Crippen LogP contribution in [-0.2, 0) is 12.6 Å². The van der Waals surface area contributed by atoms with E-state index in [1.54, 1.807) is 32.2 Å². The molecule has 0 saturated heterocycles. The van der Waals surface area contributed by atoms with E-state index in [0.29, 0.717) is 23.3 Å². The van der Waals surface area contributed by atoms with Gasteiger partial charge in [-0.1, -0.05) is 18.2 Å². The van der Waals surface area contributed by atoms with Gasteiger partial charge in [-0.05, 0) is 37.1 Å². The normalized spacial score (nSPS) is 11.8. The number of hydrogen-bond donors (Lipinski definition) is 3. The Morgan fingerprint density at radius 3 is 2.61 bits per heavy atom. The number of alkyl halides is 3. The SMILES string of the molecule is COc1cccc2[nH]c(OC(=O)NCCc3c(C)[nH]c4c(C(F)(F)F)cccc34)cc12. The quantitative estimate of drug-likeness (QED) is 0.400. The summed E-state index contributed by atoms with van der Waals surface area (Å²) < 4.78 is 50.3. The number of nitrogens with one attached hydrogen (secondary N) is 3. The molecule has 4 rings (SSSR count). The molecule has 0 bridgehead atoms. The van der Waals surface area contributed by atoms with E-state index in [4.69, 9.17) is 9.47 Å². The molecule has 2 heterocycles. The van der Waals surface area contributed by atoms with Gasteiger partial charge in [0.15, 0.2) is 0 Å². The lowest BCUT2D eigenvalue weighted by Gasteiger charge is -2.08. The van der Waals surface area contributed by atoms with Crippen LogP contribution in [0.2, 0.25) is 0 Å². The summed E-state index contributed by atoms with van der Waals surface area (Å²) in [6, 6.07) is 11.2. The van der Waals surface area contributed by atoms with Gasteiger partial charge in [0.2, 0.25) is 5.88 Å². The number of rotatable bonds is 5. The Morgan fingerprint density at radius 1 is 1.10 bits per heavy atom. The first-order valence-corrected chi connectivity index (χ1v) is 9.56. The second kappa shape index (κ2) is 7.90. The molecule has 0 aliphatic carbocycles. The van der Waals surface area contributed by atoms with Gasteiger partial charge in [-0.25, -0.2) is 4.79 Å². The fraction of sp³-hybridized carbons (Fsp3) is 0.227. The van der Waals surface area contributed by atoms with Crippen LogP contribution in [-0.4, -0.2) is 29.7 Å². The van der Waals surface area contributed by atoms with Gasteiger partial charge < -0.3 is 24.8 Å². The fourth-order valence-corrected chi connectivity index (χ4v) is 3.72. The minimum absolute atomic E-state index is 0.0529. The lowest BCUT2D eigenvalue weighted by molar-refractivity contribution is -0.136. The van der Waals surface area contributed by atoms with Crippen molar-refractivity contribution in [3.05, 3.63) is 59.3 Å². The summed E-state index contributed by atoms with van der Waals surface area (Å²) in [5, 5.41) is 3.90.